The number of benzene rings is 1. The van der Waals surface area contributed by atoms with Gasteiger partial charge >= 0.3 is 5.97 Å². The molecule has 4 rings (SSSR count). The van der Waals surface area contributed by atoms with Crippen LogP contribution in [0.25, 0.3) is 27.6 Å². The standard InChI is InChI=1S/C21H19NO3S/c1-11-8-9-16(25-3)18-14(21(23)24)10-15(22-19(11)18)20-12(2)13-6-4-5-7-17(13)26-20/h5,7-10H,4,6H2,1-3H3,(H,23,24). The number of carboxylic acids is 1. The Kier molecular flexibility index (Phi) is 4.04. The van der Waals surface area contributed by atoms with E-state index in [4.69, 9.17) is 9.72 Å². The summed E-state index contributed by atoms with van der Waals surface area (Å²) in [6.45, 7) is 4.05. The van der Waals surface area contributed by atoms with Crippen molar-refractivity contribution in [1.29, 1.82) is 0 Å². The van der Waals surface area contributed by atoms with Gasteiger partial charge in [-0.05, 0) is 61.6 Å². The highest BCUT2D eigenvalue weighted by molar-refractivity contribution is 7.16. The number of ether oxygens (including phenoxy) is 1. The van der Waals surface area contributed by atoms with Gasteiger partial charge in [-0.1, -0.05) is 12.1 Å². The predicted octanol–water partition coefficient (Wildman–Crippen LogP) is 5.25. The van der Waals surface area contributed by atoms with E-state index in [0.717, 1.165) is 29.0 Å². The summed E-state index contributed by atoms with van der Waals surface area (Å²) in [6.07, 6.45) is 6.42. The number of carboxylic acid groups (broad SMARTS) is 1. The minimum Gasteiger partial charge on any atom is -0.496 e. The number of nitrogens with zero attached hydrogens (tertiary/aromatic N) is 1. The highest BCUT2D eigenvalue weighted by Crippen LogP contribution is 2.41. The molecule has 0 bridgehead atoms. The van der Waals surface area contributed by atoms with Crippen molar-refractivity contribution in [2.24, 2.45) is 0 Å². The largest absolute Gasteiger partial charge is 0.496 e. The molecular weight excluding hydrogens is 346 g/mol. The van der Waals surface area contributed by atoms with Gasteiger partial charge in [0, 0.05) is 4.88 Å². The van der Waals surface area contributed by atoms with Crippen molar-refractivity contribution in [1.82, 2.24) is 4.98 Å². The number of rotatable bonds is 3. The lowest BCUT2D eigenvalue weighted by atomic mass is 9.98. The second-order valence-electron chi connectivity index (χ2n) is 6.51. The molecule has 3 aromatic rings. The second-order valence-corrected chi connectivity index (χ2v) is 7.56. The van der Waals surface area contributed by atoms with E-state index in [0.29, 0.717) is 16.7 Å². The maximum Gasteiger partial charge on any atom is 0.336 e. The summed E-state index contributed by atoms with van der Waals surface area (Å²) in [5.41, 5.74) is 5.12. The van der Waals surface area contributed by atoms with Crippen molar-refractivity contribution in [3.63, 3.8) is 0 Å². The van der Waals surface area contributed by atoms with Gasteiger partial charge in [0.1, 0.15) is 5.75 Å². The van der Waals surface area contributed by atoms with E-state index in [1.165, 1.54) is 16.0 Å². The fraction of sp³-hybridized carbons (Fsp3) is 0.238. The average molecular weight is 365 g/mol. The SMILES string of the molecule is COc1ccc(C)c2nc(-c3sc4c(c3C)CCC=C4)cc(C(=O)O)c12. The molecule has 1 aliphatic rings. The molecule has 2 heterocycles. The molecule has 0 aliphatic heterocycles. The Balaban J connectivity index is 2.04. The molecule has 5 heteroatoms. The zero-order chi connectivity index (χ0) is 18.4. The van der Waals surface area contributed by atoms with E-state index in [1.807, 2.05) is 13.0 Å². The third kappa shape index (κ3) is 2.51. The summed E-state index contributed by atoms with van der Waals surface area (Å²) in [5.74, 6) is -0.436. The van der Waals surface area contributed by atoms with Gasteiger partial charge in [-0.2, -0.15) is 0 Å². The van der Waals surface area contributed by atoms with Crippen LogP contribution in [0.4, 0.5) is 0 Å². The summed E-state index contributed by atoms with van der Waals surface area (Å²) in [4.78, 5) is 19.1. The van der Waals surface area contributed by atoms with Crippen molar-refractivity contribution < 1.29 is 14.6 Å². The monoisotopic (exact) mass is 365 g/mol. The zero-order valence-corrected chi connectivity index (χ0v) is 15.7. The van der Waals surface area contributed by atoms with E-state index in [9.17, 15) is 9.90 Å². The Labute approximate surface area is 155 Å². The number of carbonyl (C=O) groups is 1. The first-order valence-corrected chi connectivity index (χ1v) is 9.33. The fourth-order valence-electron chi connectivity index (χ4n) is 3.58. The lowest BCUT2D eigenvalue weighted by Gasteiger charge is -2.12. The molecule has 0 saturated carbocycles. The van der Waals surface area contributed by atoms with Gasteiger partial charge in [0.15, 0.2) is 0 Å². The lowest BCUT2D eigenvalue weighted by Crippen LogP contribution is -2.03. The summed E-state index contributed by atoms with van der Waals surface area (Å²) >= 11 is 1.69. The van der Waals surface area contributed by atoms with E-state index in [2.05, 4.69) is 19.1 Å². The smallest absolute Gasteiger partial charge is 0.336 e. The van der Waals surface area contributed by atoms with Crippen molar-refractivity contribution in [3.05, 3.63) is 51.4 Å². The number of pyridine rings is 1. The molecule has 0 unspecified atom stereocenters. The summed E-state index contributed by atoms with van der Waals surface area (Å²) in [6, 6.07) is 5.39. The molecule has 26 heavy (non-hydrogen) atoms. The zero-order valence-electron chi connectivity index (χ0n) is 14.9. The minimum atomic E-state index is -0.971. The maximum atomic E-state index is 12.0. The van der Waals surface area contributed by atoms with Crippen LogP contribution in [0.1, 0.15) is 38.3 Å². The van der Waals surface area contributed by atoms with Crippen molar-refractivity contribution in [2.75, 3.05) is 7.11 Å². The molecule has 0 saturated heterocycles. The van der Waals surface area contributed by atoms with Gasteiger partial charge < -0.3 is 9.84 Å². The third-order valence-electron chi connectivity index (χ3n) is 4.94. The number of aryl methyl sites for hydroxylation is 1. The summed E-state index contributed by atoms with van der Waals surface area (Å²) in [7, 11) is 1.55. The van der Waals surface area contributed by atoms with Crippen LogP contribution < -0.4 is 4.74 Å². The number of allylic oxidation sites excluding steroid dienone is 1. The van der Waals surface area contributed by atoms with Crippen LogP contribution in [0, 0.1) is 13.8 Å². The van der Waals surface area contributed by atoms with Gasteiger partial charge in [0.05, 0.1) is 34.1 Å². The third-order valence-corrected chi connectivity index (χ3v) is 6.26. The molecule has 2 aromatic heterocycles. The Bertz CT molecular complexity index is 1080. The Morgan fingerprint density at radius 3 is 2.81 bits per heavy atom. The normalized spacial score (nSPS) is 13.0. The number of hydrogen-bond donors (Lipinski definition) is 1. The average Bonchev–Trinajstić information content (AvgIpc) is 2.98. The first-order chi connectivity index (χ1) is 12.5. The van der Waals surface area contributed by atoms with Crippen LogP contribution in [-0.4, -0.2) is 23.2 Å². The van der Waals surface area contributed by atoms with Crippen LogP contribution in [-0.2, 0) is 6.42 Å². The molecule has 0 amide bonds. The van der Waals surface area contributed by atoms with Gasteiger partial charge in [-0.3, -0.25) is 0 Å². The molecule has 4 nitrogen and oxygen atoms in total. The fourth-order valence-corrected chi connectivity index (χ4v) is 4.82. The Morgan fingerprint density at radius 1 is 1.31 bits per heavy atom. The van der Waals surface area contributed by atoms with Crippen LogP contribution in [0.5, 0.6) is 5.75 Å². The molecule has 0 fully saturated rings. The predicted molar refractivity (Wildman–Crippen MR) is 105 cm³/mol. The summed E-state index contributed by atoms with van der Waals surface area (Å²) < 4.78 is 5.40. The van der Waals surface area contributed by atoms with Crippen molar-refractivity contribution in [3.8, 4) is 16.3 Å². The Morgan fingerprint density at radius 2 is 2.12 bits per heavy atom. The van der Waals surface area contributed by atoms with E-state index in [-0.39, 0.29) is 5.56 Å². The lowest BCUT2D eigenvalue weighted by molar-refractivity contribution is 0.0698. The van der Waals surface area contributed by atoms with Crippen molar-refractivity contribution >= 4 is 34.3 Å². The molecule has 0 spiro atoms. The number of methoxy groups -OCH3 is 1. The second kappa shape index (κ2) is 6.25. The molecule has 1 aliphatic carbocycles. The van der Waals surface area contributed by atoms with E-state index < -0.39 is 5.97 Å². The van der Waals surface area contributed by atoms with Crippen LogP contribution in [0.3, 0.4) is 0 Å². The van der Waals surface area contributed by atoms with Gasteiger partial charge in [0.2, 0.25) is 0 Å². The topological polar surface area (TPSA) is 59.4 Å². The molecule has 1 N–H and O–H groups in total. The highest BCUT2D eigenvalue weighted by Gasteiger charge is 2.22. The number of thiophene rings is 1. The first kappa shape index (κ1) is 16.8. The van der Waals surface area contributed by atoms with Gasteiger partial charge in [-0.25, -0.2) is 9.78 Å². The van der Waals surface area contributed by atoms with E-state index in [1.54, 1.807) is 30.6 Å². The number of aromatic carboxylic acids is 1. The first-order valence-electron chi connectivity index (χ1n) is 8.52. The van der Waals surface area contributed by atoms with E-state index >= 15 is 0 Å². The van der Waals surface area contributed by atoms with Crippen molar-refractivity contribution in [2.45, 2.75) is 26.7 Å². The summed E-state index contributed by atoms with van der Waals surface area (Å²) in [5, 5.41) is 10.4. The molecule has 132 valence electrons. The molecular formula is C21H19NO3S. The van der Waals surface area contributed by atoms with Crippen LogP contribution in [0.2, 0.25) is 0 Å². The van der Waals surface area contributed by atoms with Gasteiger partial charge in [0.25, 0.3) is 0 Å². The number of fused-ring (bicyclic) bond motifs is 2. The molecule has 1 aromatic carbocycles. The minimum absolute atomic E-state index is 0.229. The van der Waals surface area contributed by atoms with Crippen LogP contribution >= 0.6 is 11.3 Å². The Hall–Kier alpha value is -2.66. The number of aromatic nitrogens is 1. The maximum absolute atomic E-state index is 12.0. The van der Waals surface area contributed by atoms with Crippen LogP contribution in [0.15, 0.2) is 24.3 Å². The molecule has 0 radical (unpaired) electrons. The quantitative estimate of drug-likeness (QED) is 0.689. The highest BCUT2D eigenvalue weighted by atomic mass is 32.1. The molecule has 0 atom stereocenters. The van der Waals surface area contributed by atoms with Gasteiger partial charge in [-0.15, -0.1) is 11.3 Å². The number of hydrogen-bond acceptors (Lipinski definition) is 4.